The molecule has 0 fully saturated rings. The quantitative estimate of drug-likeness (QED) is 0.870. The first kappa shape index (κ1) is 15.2. The van der Waals surface area contributed by atoms with Gasteiger partial charge >= 0.3 is 5.97 Å². The van der Waals surface area contributed by atoms with Gasteiger partial charge in [0, 0.05) is 18.3 Å². The zero-order valence-corrected chi connectivity index (χ0v) is 12.8. The third kappa shape index (κ3) is 4.42. The van der Waals surface area contributed by atoms with Crippen molar-refractivity contribution in [2.24, 2.45) is 0 Å². The lowest BCUT2D eigenvalue weighted by Crippen LogP contribution is -2.40. The van der Waals surface area contributed by atoms with E-state index in [-0.39, 0.29) is 5.91 Å². The number of aryl methyl sites for hydroxylation is 1. The number of carbonyl (C=O) groups is 2. The van der Waals surface area contributed by atoms with E-state index in [2.05, 4.69) is 15.9 Å². The van der Waals surface area contributed by atoms with Crippen LogP contribution in [0.3, 0.4) is 0 Å². The fourth-order valence-electron chi connectivity index (χ4n) is 1.46. The molecule has 0 aromatic carbocycles. The number of amides is 1. The number of hydrogen-bond acceptors (Lipinski definition) is 3. The van der Waals surface area contributed by atoms with Gasteiger partial charge in [0.1, 0.15) is 6.04 Å². The van der Waals surface area contributed by atoms with Crippen molar-refractivity contribution in [1.82, 2.24) is 4.90 Å². The highest BCUT2D eigenvalue weighted by Gasteiger charge is 2.20. The van der Waals surface area contributed by atoms with Gasteiger partial charge < -0.3 is 10.0 Å². The molecule has 0 aliphatic rings. The van der Waals surface area contributed by atoms with Crippen LogP contribution in [0.1, 0.15) is 24.6 Å². The molecule has 0 saturated heterocycles. The molecule has 1 heterocycles. The summed E-state index contributed by atoms with van der Waals surface area (Å²) in [5.74, 6) is -1.10. The van der Waals surface area contributed by atoms with E-state index < -0.39 is 12.0 Å². The van der Waals surface area contributed by atoms with E-state index in [1.165, 1.54) is 23.7 Å². The topological polar surface area (TPSA) is 57.6 Å². The molecule has 0 aliphatic heterocycles. The van der Waals surface area contributed by atoms with Crippen LogP contribution in [-0.4, -0.2) is 35.0 Å². The molecule has 0 bridgehead atoms. The van der Waals surface area contributed by atoms with Crippen molar-refractivity contribution in [3.8, 4) is 0 Å². The molecular weight excluding hydrogens is 318 g/mol. The van der Waals surface area contributed by atoms with Crippen LogP contribution in [0.5, 0.6) is 0 Å². The fraction of sp³-hybridized carbons (Fsp3) is 0.500. The smallest absolute Gasteiger partial charge is 0.326 e. The van der Waals surface area contributed by atoms with Crippen LogP contribution in [0, 0.1) is 0 Å². The maximum absolute atomic E-state index is 11.7. The van der Waals surface area contributed by atoms with Crippen LogP contribution in [0.2, 0.25) is 0 Å². The van der Waals surface area contributed by atoms with Crippen LogP contribution >= 0.6 is 27.3 Å². The van der Waals surface area contributed by atoms with E-state index in [1.54, 1.807) is 11.3 Å². The van der Waals surface area contributed by atoms with Crippen molar-refractivity contribution in [3.05, 3.63) is 20.8 Å². The molecule has 100 valence electrons. The van der Waals surface area contributed by atoms with Crippen molar-refractivity contribution in [2.75, 3.05) is 7.05 Å². The summed E-state index contributed by atoms with van der Waals surface area (Å²) >= 11 is 5.05. The van der Waals surface area contributed by atoms with E-state index >= 15 is 0 Å². The van der Waals surface area contributed by atoms with Gasteiger partial charge in [-0.3, -0.25) is 4.79 Å². The molecule has 0 radical (unpaired) electrons. The van der Waals surface area contributed by atoms with Gasteiger partial charge in [-0.2, -0.15) is 0 Å². The molecule has 1 aromatic rings. The number of nitrogens with zero attached hydrogens (tertiary/aromatic N) is 1. The summed E-state index contributed by atoms with van der Waals surface area (Å²) in [5.41, 5.74) is 0. The number of halogens is 1. The first-order valence-electron chi connectivity index (χ1n) is 5.64. The van der Waals surface area contributed by atoms with E-state index in [1.807, 2.05) is 12.1 Å². The summed E-state index contributed by atoms with van der Waals surface area (Å²) < 4.78 is 1.08. The molecule has 1 unspecified atom stereocenters. The van der Waals surface area contributed by atoms with Crippen molar-refractivity contribution >= 4 is 39.1 Å². The Kier molecular flexibility index (Phi) is 5.81. The summed E-state index contributed by atoms with van der Waals surface area (Å²) in [4.78, 5) is 25.0. The van der Waals surface area contributed by atoms with Crippen molar-refractivity contribution in [3.63, 3.8) is 0 Å². The molecule has 0 saturated carbocycles. The Bertz CT molecular complexity index is 433. The molecular formula is C12H16BrNO3S. The van der Waals surface area contributed by atoms with Crippen molar-refractivity contribution < 1.29 is 14.7 Å². The van der Waals surface area contributed by atoms with Gasteiger partial charge in [-0.25, -0.2) is 4.79 Å². The molecule has 1 aromatic heterocycles. The SMILES string of the molecule is CC(C(=O)O)N(C)C(=O)CCCc1ccc(Br)s1. The lowest BCUT2D eigenvalue weighted by atomic mass is 10.2. The number of thiophene rings is 1. The highest BCUT2D eigenvalue weighted by molar-refractivity contribution is 9.11. The fourth-order valence-corrected chi connectivity index (χ4v) is 2.98. The molecule has 6 heteroatoms. The standard InChI is InChI=1S/C12H16BrNO3S/c1-8(12(16)17)14(2)11(15)5-3-4-9-6-7-10(13)18-9/h6-8H,3-5H2,1-2H3,(H,16,17). The van der Waals surface area contributed by atoms with Crippen LogP contribution in [0.25, 0.3) is 0 Å². The van der Waals surface area contributed by atoms with Crippen LogP contribution in [-0.2, 0) is 16.0 Å². The minimum absolute atomic E-state index is 0.125. The second kappa shape index (κ2) is 6.89. The first-order chi connectivity index (χ1) is 8.41. The Morgan fingerprint density at radius 2 is 2.17 bits per heavy atom. The average Bonchev–Trinajstić information content (AvgIpc) is 2.72. The van der Waals surface area contributed by atoms with Crippen LogP contribution < -0.4 is 0 Å². The Morgan fingerprint density at radius 1 is 1.50 bits per heavy atom. The number of carboxylic acid groups (broad SMARTS) is 1. The van der Waals surface area contributed by atoms with Gasteiger partial charge in [0.05, 0.1) is 3.79 Å². The summed E-state index contributed by atoms with van der Waals surface area (Å²) in [6.07, 6.45) is 1.96. The van der Waals surface area contributed by atoms with Gasteiger partial charge in [-0.1, -0.05) is 0 Å². The Morgan fingerprint density at radius 3 is 2.67 bits per heavy atom. The Labute approximate surface area is 119 Å². The predicted molar refractivity (Wildman–Crippen MR) is 74.8 cm³/mol. The first-order valence-corrected chi connectivity index (χ1v) is 7.25. The summed E-state index contributed by atoms with van der Waals surface area (Å²) in [6.45, 7) is 1.51. The summed E-state index contributed by atoms with van der Waals surface area (Å²) in [7, 11) is 1.53. The lowest BCUT2D eigenvalue weighted by molar-refractivity contribution is -0.148. The zero-order valence-electron chi connectivity index (χ0n) is 10.4. The number of rotatable bonds is 6. The molecule has 1 rings (SSSR count). The van der Waals surface area contributed by atoms with Gasteiger partial charge in [0.2, 0.25) is 5.91 Å². The van der Waals surface area contributed by atoms with Gasteiger partial charge in [-0.05, 0) is 47.8 Å². The second-order valence-corrected chi connectivity index (χ2v) is 6.63. The van der Waals surface area contributed by atoms with Crippen molar-refractivity contribution in [2.45, 2.75) is 32.2 Å². The average molecular weight is 334 g/mol. The lowest BCUT2D eigenvalue weighted by Gasteiger charge is -2.21. The number of hydrogen-bond donors (Lipinski definition) is 1. The van der Waals surface area contributed by atoms with Gasteiger partial charge in [-0.15, -0.1) is 11.3 Å². The van der Waals surface area contributed by atoms with E-state index in [0.29, 0.717) is 6.42 Å². The number of aliphatic carboxylic acids is 1. The maximum atomic E-state index is 11.7. The molecule has 0 spiro atoms. The molecule has 18 heavy (non-hydrogen) atoms. The second-order valence-electron chi connectivity index (χ2n) is 4.08. The molecule has 4 nitrogen and oxygen atoms in total. The maximum Gasteiger partial charge on any atom is 0.326 e. The van der Waals surface area contributed by atoms with E-state index in [9.17, 15) is 9.59 Å². The van der Waals surface area contributed by atoms with Gasteiger partial charge in [0.25, 0.3) is 0 Å². The van der Waals surface area contributed by atoms with Gasteiger partial charge in [0.15, 0.2) is 0 Å². The minimum Gasteiger partial charge on any atom is -0.480 e. The van der Waals surface area contributed by atoms with E-state index in [0.717, 1.165) is 16.6 Å². The third-order valence-electron chi connectivity index (χ3n) is 2.77. The largest absolute Gasteiger partial charge is 0.480 e. The molecule has 1 amide bonds. The molecule has 1 N–H and O–H groups in total. The van der Waals surface area contributed by atoms with Crippen molar-refractivity contribution in [1.29, 1.82) is 0 Å². The monoisotopic (exact) mass is 333 g/mol. The number of carbonyl (C=O) groups excluding carboxylic acids is 1. The number of likely N-dealkylation sites (N-methyl/N-ethyl adjacent to an activating group) is 1. The van der Waals surface area contributed by atoms with E-state index in [4.69, 9.17) is 5.11 Å². The third-order valence-corrected chi connectivity index (χ3v) is 4.46. The zero-order chi connectivity index (χ0) is 13.7. The molecule has 1 atom stereocenters. The Hall–Kier alpha value is -0.880. The minimum atomic E-state index is -0.979. The highest BCUT2D eigenvalue weighted by atomic mass is 79.9. The van der Waals surface area contributed by atoms with Crippen LogP contribution in [0.15, 0.2) is 15.9 Å². The number of carboxylic acids is 1. The Balaban J connectivity index is 2.35. The van der Waals surface area contributed by atoms with Crippen LogP contribution in [0.4, 0.5) is 0 Å². The normalized spacial score (nSPS) is 12.2. The summed E-state index contributed by atoms with van der Waals surface area (Å²) in [5, 5.41) is 8.81. The highest BCUT2D eigenvalue weighted by Crippen LogP contribution is 2.23. The predicted octanol–water partition coefficient (Wildman–Crippen LogP) is 2.76. The summed E-state index contributed by atoms with van der Waals surface area (Å²) in [6, 6.07) is 3.25. The molecule has 0 aliphatic carbocycles.